The van der Waals surface area contributed by atoms with E-state index in [1.807, 2.05) is 12.1 Å². The minimum Gasteiger partial charge on any atom is -0.508 e. The molecule has 1 atom stereocenters. The normalized spacial score (nSPS) is 16.8. The number of carbonyl (C=O) groups excluding carboxylic acids is 2. The summed E-state index contributed by atoms with van der Waals surface area (Å²) in [6, 6.07) is 10.8. The van der Waals surface area contributed by atoms with E-state index in [1.165, 1.54) is 12.1 Å². The number of hydrogen-bond donors (Lipinski definition) is 5. The molecule has 0 bridgehead atoms. The topological polar surface area (TPSA) is 119 Å². The highest BCUT2D eigenvalue weighted by atomic mass is 16.3. The van der Waals surface area contributed by atoms with Gasteiger partial charge < -0.3 is 21.1 Å². The van der Waals surface area contributed by atoms with E-state index in [-0.39, 0.29) is 17.7 Å². The fourth-order valence-electron chi connectivity index (χ4n) is 3.13. The number of hydrogen-bond acceptors (Lipinski definition) is 4. The maximum absolute atomic E-state index is 13.0. The van der Waals surface area contributed by atoms with Crippen molar-refractivity contribution in [1.29, 1.82) is 0 Å². The van der Waals surface area contributed by atoms with Crippen LogP contribution in [0.25, 0.3) is 10.9 Å². The van der Waals surface area contributed by atoms with E-state index in [0.717, 1.165) is 10.9 Å². The molecule has 3 aromatic rings. The van der Waals surface area contributed by atoms with Gasteiger partial charge >= 0.3 is 6.03 Å². The van der Waals surface area contributed by atoms with Gasteiger partial charge in [-0.1, -0.05) is 12.1 Å². The minimum absolute atomic E-state index is 0.110. The largest absolute Gasteiger partial charge is 0.508 e. The summed E-state index contributed by atoms with van der Waals surface area (Å²) in [6.07, 6.45) is 1.68. The van der Waals surface area contributed by atoms with Crippen LogP contribution in [-0.2, 0) is 4.79 Å². The number of phenolic OH excluding ortho intramolecular Hbond substituents is 1. The first-order valence-electron chi connectivity index (χ1n) is 8.33. The van der Waals surface area contributed by atoms with Crippen molar-refractivity contribution in [3.63, 3.8) is 0 Å². The number of carbonyl (C=O) groups is 2. The van der Waals surface area contributed by atoms with Crippen LogP contribution in [0.15, 0.2) is 59.9 Å². The number of fused-ring (bicyclic) bond motifs is 1. The number of aromatic amines is 1. The first kappa shape index (κ1) is 16.6. The van der Waals surface area contributed by atoms with E-state index < -0.39 is 6.04 Å². The summed E-state index contributed by atoms with van der Waals surface area (Å²) in [7, 11) is 0. The Balaban J connectivity index is 1.66. The summed E-state index contributed by atoms with van der Waals surface area (Å²) in [5.41, 5.74) is 3.05. The second-order valence-corrected chi connectivity index (χ2v) is 6.29. The van der Waals surface area contributed by atoms with Gasteiger partial charge in [0, 0.05) is 16.8 Å². The van der Waals surface area contributed by atoms with Gasteiger partial charge in [0.25, 0.3) is 5.91 Å². The zero-order valence-corrected chi connectivity index (χ0v) is 14.4. The van der Waals surface area contributed by atoms with Crippen LogP contribution in [0.3, 0.4) is 0 Å². The van der Waals surface area contributed by atoms with Crippen LogP contribution in [0.5, 0.6) is 5.75 Å². The van der Waals surface area contributed by atoms with Crippen LogP contribution in [0.1, 0.15) is 18.5 Å². The number of rotatable bonds is 3. The van der Waals surface area contributed by atoms with Crippen molar-refractivity contribution in [3.05, 3.63) is 65.5 Å². The number of aromatic hydroxyl groups is 1. The Morgan fingerprint density at radius 3 is 2.74 bits per heavy atom. The van der Waals surface area contributed by atoms with Gasteiger partial charge in [-0.25, -0.2) is 4.79 Å². The van der Waals surface area contributed by atoms with E-state index in [1.54, 1.807) is 31.3 Å². The number of allylic oxidation sites excluding steroid dienone is 1. The fraction of sp³-hybridized carbons (Fsp3) is 0.105. The molecule has 1 unspecified atom stereocenters. The molecule has 27 heavy (non-hydrogen) atoms. The van der Waals surface area contributed by atoms with E-state index >= 15 is 0 Å². The van der Waals surface area contributed by atoms with Gasteiger partial charge in [-0.15, -0.1) is 0 Å². The zero-order chi connectivity index (χ0) is 19.0. The number of anilines is 1. The van der Waals surface area contributed by atoms with Crippen molar-refractivity contribution in [1.82, 2.24) is 20.8 Å². The molecule has 1 aliphatic heterocycles. The Morgan fingerprint density at radius 2 is 1.96 bits per heavy atom. The molecule has 1 aromatic heterocycles. The smallest absolute Gasteiger partial charge is 0.319 e. The van der Waals surface area contributed by atoms with Crippen LogP contribution >= 0.6 is 0 Å². The second-order valence-electron chi connectivity index (χ2n) is 6.29. The van der Waals surface area contributed by atoms with Crippen LogP contribution in [0.2, 0.25) is 0 Å². The van der Waals surface area contributed by atoms with Crippen molar-refractivity contribution in [2.75, 3.05) is 5.32 Å². The number of nitrogens with one attached hydrogen (secondary N) is 4. The summed E-state index contributed by atoms with van der Waals surface area (Å²) >= 11 is 0. The van der Waals surface area contributed by atoms with Gasteiger partial charge in [-0.3, -0.25) is 9.89 Å². The van der Waals surface area contributed by atoms with Gasteiger partial charge in [0.15, 0.2) is 0 Å². The lowest BCUT2D eigenvalue weighted by Gasteiger charge is -2.28. The van der Waals surface area contributed by atoms with E-state index in [4.69, 9.17) is 0 Å². The Hall–Kier alpha value is -3.81. The van der Waals surface area contributed by atoms with E-state index in [2.05, 4.69) is 26.1 Å². The van der Waals surface area contributed by atoms with Crippen molar-refractivity contribution < 1.29 is 14.7 Å². The zero-order valence-electron chi connectivity index (χ0n) is 14.4. The molecule has 8 heteroatoms. The lowest BCUT2D eigenvalue weighted by Crippen LogP contribution is -2.45. The van der Waals surface area contributed by atoms with Crippen LogP contribution in [0, 0.1) is 0 Å². The van der Waals surface area contributed by atoms with Crippen molar-refractivity contribution in [2.45, 2.75) is 13.0 Å². The average molecular weight is 363 g/mol. The molecule has 0 aliphatic carbocycles. The van der Waals surface area contributed by atoms with Crippen LogP contribution in [0.4, 0.5) is 10.5 Å². The Bertz CT molecular complexity index is 1070. The number of amides is 3. The molecule has 0 saturated carbocycles. The average Bonchev–Trinajstić information content (AvgIpc) is 3.09. The predicted molar refractivity (Wildman–Crippen MR) is 99.9 cm³/mol. The lowest BCUT2D eigenvalue weighted by atomic mass is 9.94. The molecule has 3 amide bonds. The Kier molecular flexibility index (Phi) is 4.00. The summed E-state index contributed by atoms with van der Waals surface area (Å²) in [4.78, 5) is 24.9. The third-order valence-corrected chi connectivity index (χ3v) is 4.44. The van der Waals surface area contributed by atoms with Gasteiger partial charge in [-0.2, -0.15) is 5.10 Å². The highest BCUT2D eigenvalue weighted by molar-refractivity contribution is 6.07. The summed E-state index contributed by atoms with van der Waals surface area (Å²) < 4.78 is 0. The second kappa shape index (κ2) is 6.49. The lowest BCUT2D eigenvalue weighted by molar-refractivity contribution is -0.113. The maximum atomic E-state index is 13.0. The number of nitrogens with zero attached hydrogens (tertiary/aromatic N) is 1. The third-order valence-electron chi connectivity index (χ3n) is 4.44. The minimum atomic E-state index is -0.628. The van der Waals surface area contributed by atoms with Crippen LogP contribution < -0.4 is 16.0 Å². The molecule has 0 radical (unpaired) electrons. The summed E-state index contributed by atoms with van der Waals surface area (Å²) in [5.74, 6) is -0.222. The molecule has 0 spiro atoms. The molecule has 0 saturated heterocycles. The van der Waals surface area contributed by atoms with E-state index in [9.17, 15) is 14.7 Å². The summed E-state index contributed by atoms with van der Waals surface area (Å²) in [6.45, 7) is 1.68. The SMILES string of the molecule is CC1=C(C(=O)Nc2ccc3[nH]ncc3c2)C(c2ccc(O)cc2)NC(=O)N1. The molecular weight excluding hydrogens is 346 g/mol. The standard InChI is InChI=1S/C19H17N5O3/c1-10-16(17(23-19(27)21-10)11-2-5-14(25)6-3-11)18(26)22-13-4-7-15-12(8-13)9-20-24-15/h2-9,17,25H,1H3,(H,20,24)(H,22,26)(H2,21,23,27). The third kappa shape index (κ3) is 3.20. The first-order valence-corrected chi connectivity index (χ1v) is 8.33. The monoisotopic (exact) mass is 363 g/mol. The highest BCUT2D eigenvalue weighted by Gasteiger charge is 2.31. The number of benzene rings is 2. The Morgan fingerprint density at radius 1 is 1.19 bits per heavy atom. The van der Waals surface area contributed by atoms with Gasteiger partial charge in [0.1, 0.15) is 5.75 Å². The molecule has 2 heterocycles. The van der Waals surface area contributed by atoms with E-state index in [0.29, 0.717) is 22.5 Å². The van der Waals surface area contributed by atoms with Gasteiger partial charge in [-0.05, 0) is 42.8 Å². The van der Waals surface area contributed by atoms with Crippen molar-refractivity contribution in [3.8, 4) is 5.75 Å². The molecule has 2 aromatic carbocycles. The number of H-pyrrole nitrogens is 1. The molecule has 4 rings (SSSR count). The van der Waals surface area contributed by atoms with Gasteiger partial charge in [0.05, 0.1) is 23.3 Å². The molecule has 0 fully saturated rings. The van der Waals surface area contributed by atoms with Crippen LogP contribution in [-0.4, -0.2) is 27.2 Å². The summed E-state index contributed by atoms with van der Waals surface area (Å²) in [5, 5.41) is 25.5. The molecule has 136 valence electrons. The number of phenols is 1. The fourth-order valence-corrected chi connectivity index (χ4v) is 3.13. The first-order chi connectivity index (χ1) is 13.0. The molecule has 5 N–H and O–H groups in total. The molecule has 8 nitrogen and oxygen atoms in total. The Labute approximate surface area is 154 Å². The van der Waals surface area contributed by atoms with Crippen molar-refractivity contribution >= 4 is 28.5 Å². The van der Waals surface area contributed by atoms with Crippen molar-refractivity contribution in [2.24, 2.45) is 0 Å². The quantitative estimate of drug-likeness (QED) is 0.491. The molecule has 1 aliphatic rings. The molecular formula is C19H17N5O3. The number of aromatic nitrogens is 2. The number of urea groups is 1. The highest BCUT2D eigenvalue weighted by Crippen LogP contribution is 2.29. The maximum Gasteiger partial charge on any atom is 0.319 e. The predicted octanol–water partition coefficient (Wildman–Crippen LogP) is 2.54. The van der Waals surface area contributed by atoms with Gasteiger partial charge in [0.2, 0.25) is 0 Å².